The minimum atomic E-state index is -0.161. The number of anilines is 2. The van der Waals surface area contributed by atoms with Gasteiger partial charge in [-0.15, -0.1) is 0 Å². The van der Waals surface area contributed by atoms with Crippen molar-refractivity contribution in [3.05, 3.63) is 58.6 Å². The number of amides is 1. The second kappa shape index (κ2) is 7.29. The molecule has 5 heteroatoms. The van der Waals surface area contributed by atoms with E-state index in [4.69, 9.17) is 16.7 Å². The maximum atomic E-state index is 12.3. The Balaban J connectivity index is 2.08. The number of likely N-dealkylation sites (N-methyl/N-ethyl adjacent to an activating group) is 1. The van der Waals surface area contributed by atoms with E-state index in [-0.39, 0.29) is 12.5 Å². The zero-order valence-electron chi connectivity index (χ0n) is 12.6. The fourth-order valence-electron chi connectivity index (χ4n) is 2.16. The molecule has 0 aromatic heterocycles. The predicted octanol–water partition coefficient (Wildman–Crippen LogP) is 3.33. The molecule has 2 aromatic rings. The van der Waals surface area contributed by atoms with Crippen molar-refractivity contribution in [3.63, 3.8) is 0 Å². The molecular weight excluding hydrogens is 300 g/mol. The SMILES string of the molecule is Cc1cc(Cl)ccc1C(=O)Nc1ccc(N(C)CCO)cc1. The lowest BCUT2D eigenvalue weighted by Gasteiger charge is -2.18. The van der Waals surface area contributed by atoms with Gasteiger partial charge in [0.15, 0.2) is 0 Å². The molecule has 116 valence electrons. The van der Waals surface area contributed by atoms with Crippen LogP contribution in [0.2, 0.25) is 5.02 Å². The Labute approximate surface area is 135 Å². The van der Waals surface area contributed by atoms with Gasteiger partial charge in [0.2, 0.25) is 0 Å². The molecule has 4 nitrogen and oxygen atoms in total. The summed E-state index contributed by atoms with van der Waals surface area (Å²) in [5.41, 5.74) is 3.14. The molecule has 0 atom stereocenters. The fraction of sp³-hybridized carbons (Fsp3) is 0.235. The Hall–Kier alpha value is -2.04. The number of carbonyl (C=O) groups is 1. The first-order valence-electron chi connectivity index (χ1n) is 7.01. The summed E-state index contributed by atoms with van der Waals surface area (Å²) < 4.78 is 0. The first-order valence-corrected chi connectivity index (χ1v) is 7.38. The lowest BCUT2D eigenvalue weighted by molar-refractivity contribution is 0.102. The van der Waals surface area contributed by atoms with Crippen molar-refractivity contribution in [2.75, 3.05) is 30.4 Å². The highest BCUT2D eigenvalue weighted by Crippen LogP contribution is 2.19. The number of hydrogen-bond donors (Lipinski definition) is 2. The summed E-state index contributed by atoms with van der Waals surface area (Å²) >= 11 is 5.90. The molecule has 0 saturated carbocycles. The van der Waals surface area contributed by atoms with E-state index in [9.17, 15) is 4.79 Å². The largest absolute Gasteiger partial charge is 0.395 e. The topological polar surface area (TPSA) is 52.6 Å². The first-order chi connectivity index (χ1) is 10.5. The summed E-state index contributed by atoms with van der Waals surface area (Å²) in [6.45, 7) is 2.52. The number of aryl methyl sites for hydroxylation is 1. The van der Waals surface area contributed by atoms with Crippen molar-refractivity contribution in [3.8, 4) is 0 Å². The Kier molecular flexibility index (Phi) is 5.41. The average molecular weight is 319 g/mol. The van der Waals surface area contributed by atoms with Crippen LogP contribution in [0.3, 0.4) is 0 Å². The second-order valence-corrected chi connectivity index (χ2v) is 5.54. The van der Waals surface area contributed by atoms with E-state index in [2.05, 4.69) is 5.32 Å². The molecule has 0 aliphatic carbocycles. The maximum Gasteiger partial charge on any atom is 0.255 e. The Morgan fingerprint density at radius 1 is 1.23 bits per heavy atom. The molecular formula is C17H19ClN2O2. The minimum Gasteiger partial charge on any atom is -0.395 e. The summed E-state index contributed by atoms with van der Waals surface area (Å²) in [5.74, 6) is -0.161. The number of hydrogen-bond acceptors (Lipinski definition) is 3. The van der Waals surface area contributed by atoms with Crippen LogP contribution in [-0.2, 0) is 0 Å². The van der Waals surface area contributed by atoms with Crippen LogP contribution in [0.1, 0.15) is 15.9 Å². The van der Waals surface area contributed by atoms with Crippen molar-refractivity contribution in [2.24, 2.45) is 0 Å². The summed E-state index contributed by atoms with van der Waals surface area (Å²) in [4.78, 5) is 14.2. The van der Waals surface area contributed by atoms with Gasteiger partial charge in [0, 0.05) is 35.6 Å². The average Bonchev–Trinajstić information content (AvgIpc) is 2.48. The highest BCUT2D eigenvalue weighted by molar-refractivity contribution is 6.30. The maximum absolute atomic E-state index is 12.3. The van der Waals surface area contributed by atoms with Crippen molar-refractivity contribution >= 4 is 28.9 Å². The van der Waals surface area contributed by atoms with Crippen LogP contribution in [0.15, 0.2) is 42.5 Å². The molecule has 0 unspecified atom stereocenters. The van der Waals surface area contributed by atoms with Crippen LogP contribution in [0.4, 0.5) is 11.4 Å². The van der Waals surface area contributed by atoms with Crippen LogP contribution < -0.4 is 10.2 Å². The number of nitrogens with one attached hydrogen (secondary N) is 1. The second-order valence-electron chi connectivity index (χ2n) is 5.11. The first kappa shape index (κ1) is 16.3. The Morgan fingerprint density at radius 2 is 1.91 bits per heavy atom. The molecule has 2 N–H and O–H groups in total. The lowest BCUT2D eigenvalue weighted by Crippen LogP contribution is -2.21. The van der Waals surface area contributed by atoms with Crippen molar-refractivity contribution in [2.45, 2.75) is 6.92 Å². The van der Waals surface area contributed by atoms with Gasteiger partial charge in [0.25, 0.3) is 5.91 Å². The minimum absolute atomic E-state index is 0.102. The molecule has 0 spiro atoms. The van der Waals surface area contributed by atoms with E-state index in [1.165, 1.54) is 0 Å². The van der Waals surface area contributed by atoms with E-state index in [0.717, 1.165) is 16.9 Å². The van der Waals surface area contributed by atoms with Gasteiger partial charge in [-0.05, 0) is 55.0 Å². The van der Waals surface area contributed by atoms with E-state index < -0.39 is 0 Å². The van der Waals surface area contributed by atoms with Gasteiger partial charge in [-0.2, -0.15) is 0 Å². The Morgan fingerprint density at radius 3 is 2.50 bits per heavy atom. The summed E-state index contributed by atoms with van der Waals surface area (Å²) in [6, 6.07) is 12.7. The zero-order chi connectivity index (χ0) is 16.1. The molecule has 0 bridgehead atoms. The van der Waals surface area contributed by atoms with Gasteiger partial charge in [-0.25, -0.2) is 0 Å². The molecule has 0 saturated heterocycles. The Bertz CT molecular complexity index is 656. The van der Waals surface area contributed by atoms with Crippen LogP contribution >= 0.6 is 11.6 Å². The molecule has 2 rings (SSSR count). The summed E-state index contributed by atoms with van der Waals surface area (Å²) in [7, 11) is 1.90. The van der Waals surface area contributed by atoms with Crippen LogP contribution in [0, 0.1) is 6.92 Å². The van der Waals surface area contributed by atoms with Gasteiger partial charge in [0.1, 0.15) is 0 Å². The highest BCUT2D eigenvalue weighted by atomic mass is 35.5. The van der Waals surface area contributed by atoms with Crippen molar-refractivity contribution in [1.82, 2.24) is 0 Å². The smallest absolute Gasteiger partial charge is 0.255 e. The molecule has 0 radical (unpaired) electrons. The van der Waals surface area contributed by atoms with Gasteiger partial charge in [-0.1, -0.05) is 11.6 Å². The van der Waals surface area contributed by atoms with Crippen molar-refractivity contribution < 1.29 is 9.90 Å². The third kappa shape index (κ3) is 4.00. The zero-order valence-corrected chi connectivity index (χ0v) is 13.4. The third-order valence-electron chi connectivity index (χ3n) is 3.43. The van der Waals surface area contributed by atoms with E-state index in [1.807, 2.05) is 43.1 Å². The molecule has 0 aliphatic rings. The number of nitrogens with zero attached hydrogens (tertiary/aromatic N) is 1. The molecule has 22 heavy (non-hydrogen) atoms. The predicted molar refractivity (Wildman–Crippen MR) is 90.9 cm³/mol. The molecule has 0 heterocycles. The number of halogens is 1. The highest BCUT2D eigenvalue weighted by Gasteiger charge is 2.10. The number of rotatable bonds is 5. The number of aliphatic hydroxyl groups excluding tert-OH is 1. The van der Waals surface area contributed by atoms with Gasteiger partial charge in [-0.3, -0.25) is 4.79 Å². The monoisotopic (exact) mass is 318 g/mol. The fourth-order valence-corrected chi connectivity index (χ4v) is 2.39. The van der Waals surface area contributed by atoms with Gasteiger partial charge < -0.3 is 15.3 Å². The number of benzene rings is 2. The molecule has 0 aliphatic heterocycles. The van der Waals surface area contributed by atoms with E-state index in [0.29, 0.717) is 17.1 Å². The number of aliphatic hydroxyl groups is 1. The number of carbonyl (C=O) groups excluding carboxylic acids is 1. The van der Waals surface area contributed by atoms with E-state index in [1.54, 1.807) is 18.2 Å². The normalized spacial score (nSPS) is 10.4. The van der Waals surface area contributed by atoms with E-state index >= 15 is 0 Å². The third-order valence-corrected chi connectivity index (χ3v) is 3.67. The summed E-state index contributed by atoms with van der Waals surface area (Å²) in [5, 5.41) is 12.4. The standard InChI is InChI=1S/C17H19ClN2O2/c1-12-11-13(18)3-8-16(12)17(22)19-14-4-6-15(7-5-14)20(2)9-10-21/h3-8,11,21H,9-10H2,1-2H3,(H,19,22). The summed E-state index contributed by atoms with van der Waals surface area (Å²) in [6.07, 6.45) is 0. The van der Waals surface area contributed by atoms with Crippen LogP contribution in [0.25, 0.3) is 0 Å². The van der Waals surface area contributed by atoms with Crippen LogP contribution in [0.5, 0.6) is 0 Å². The molecule has 1 amide bonds. The quantitative estimate of drug-likeness (QED) is 0.889. The van der Waals surface area contributed by atoms with Crippen LogP contribution in [-0.4, -0.2) is 31.2 Å². The molecule has 2 aromatic carbocycles. The van der Waals surface area contributed by atoms with Gasteiger partial charge >= 0.3 is 0 Å². The lowest BCUT2D eigenvalue weighted by atomic mass is 10.1. The van der Waals surface area contributed by atoms with Gasteiger partial charge in [0.05, 0.1) is 6.61 Å². The molecule has 0 fully saturated rings. The van der Waals surface area contributed by atoms with Crippen molar-refractivity contribution in [1.29, 1.82) is 0 Å².